The van der Waals surface area contributed by atoms with Crippen molar-refractivity contribution in [1.29, 1.82) is 0 Å². The number of alkyl halides is 3. The summed E-state index contributed by atoms with van der Waals surface area (Å²) < 4.78 is 42.3. The molecule has 0 aliphatic carbocycles. The Morgan fingerprint density at radius 2 is 1.89 bits per heavy atom. The topological polar surface area (TPSA) is 70.1 Å². The SMILES string of the molecule is O=c1o[nH][n+](-c2ccccc2)c1C(O)C(F)(F)F. The van der Waals surface area contributed by atoms with Crippen LogP contribution in [0.25, 0.3) is 5.69 Å². The number of para-hydroxylation sites is 1. The van der Waals surface area contributed by atoms with Gasteiger partial charge in [0.15, 0.2) is 0 Å². The predicted molar refractivity (Wildman–Crippen MR) is 51.9 cm³/mol. The Labute approximate surface area is 98.0 Å². The number of halogens is 3. The molecule has 18 heavy (non-hydrogen) atoms. The van der Waals surface area contributed by atoms with Crippen LogP contribution in [-0.4, -0.2) is 16.6 Å². The molecule has 0 spiro atoms. The molecule has 1 atom stereocenters. The molecule has 0 aliphatic heterocycles. The van der Waals surface area contributed by atoms with Crippen LogP contribution in [0.3, 0.4) is 0 Å². The van der Waals surface area contributed by atoms with Gasteiger partial charge in [-0.05, 0) is 9.95 Å². The van der Waals surface area contributed by atoms with E-state index in [0.29, 0.717) is 0 Å². The maximum absolute atomic E-state index is 12.4. The molecule has 5 nitrogen and oxygen atoms in total. The summed E-state index contributed by atoms with van der Waals surface area (Å²) in [6.45, 7) is 0. The minimum absolute atomic E-state index is 0.238. The van der Waals surface area contributed by atoms with Gasteiger partial charge >= 0.3 is 17.5 Å². The highest BCUT2D eigenvalue weighted by Crippen LogP contribution is 2.29. The van der Waals surface area contributed by atoms with Gasteiger partial charge in [-0.25, -0.2) is 4.79 Å². The van der Waals surface area contributed by atoms with Crippen molar-refractivity contribution < 1.29 is 27.5 Å². The molecule has 0 saturated heterocycles. The number of hydrogen-bond donors (Lipinski definition) is 2. The minimum atomic E-state index is -4.95. The maximum atomic E-state index is 12.4. The summed E-state index contributed by atoms with van der Waals surface area (Å²) in [4.78, 5) is 11.2. The minimum Gasteiger partial charge on any atom is -0.374 e. The van der Waals surface area contributed by atoms with E-state index in [0.717, 1.165) is 4.68 Å². The number of hydrogen-bond acceptors (Lipinski definition) is 3. The Balaban J connectivity index is 2.56. The average molecular weight is 261 g/mol. The Hall–Kier alpha value is -2.09. The van der Waals surface area contributed by atoms with Crippen LogP contribution in [0.2, 0.25) is 0 Å². The molecule has 8 heteroatoms. The van der Waals surface area contributed by atoms with E-state index < -0.39 is 23.6 Å². The van der Waals surface area contributed by atoms with Crippen LogP contribution in [0.1, 0.15) is 11.8 Å². The van der Waals surface area contributed by atoms with Gasteiger partial charge in [-0.1, -0.05) is 18.2 Å². The van der Waals surface area contributed by atoms with E-state index in [2.05, 4.69) is 4.52 Å². The summed E-state index contributed by atoms with van der Waals surface area (Å²) in [5.41, 5.74) is -1.96. The average Bonchev–Trinajstić information content (AvgIpc) is 2.70. The van der Waals surface area contributed by atoms with Gasteiger partial charge in [-0.2, -0.15) is 13.2 Å². The second-order valence-electron chi connectivity index (χ2n) is 3.48. The van der Waals surface area contributed by atoms with Crippen LogP contribution in [0.5, 0.6) is 0 Å². The monoisotopic (exact) mass is 261 g/mol. The second-order valence-corrected chi connectivity index (χ2v) is 3.48. The molecule has 2 N–H and O–H groups in total. The van der Waals surface area contributed by atoms with Gasteiger partial charge in [-0.3, -0.25) is 4.52 Å². The van der Waals surface area contributed by atoms with Crippen molar-refractivity contribution in [2.24, 2.45) is 0 Å². The zero-order valence-electron chi connectivity index (χ0n) is 8.81. The number of nitrogens with one attached hydrogen (secondary N) is 1. The van der Waals surface area contributed by atoms with Crippen LogP contribution in [0.4, 0.5) is 13.2 Å². The molecule has 1 aromatic carbocycles. The van der Waals surface area contributed by atoms with Crippen molar-refractivity contribution in [2.75, 3.05) is 0 Å². The normalized spacial score (nSPS) is 13.6. The molecule has 0 saturated carbocycles. The van der Waals surface area contributed by atoms with Crippen molar-refractivity contribution in [3.63, 3.8) is 0 Å². The third-order valence-electron chi connectivity index (χ3n) is 2.26. The molecular formula is C10H8F3N2O3+. The predicted octanol–water partition coefficient (Wildman–Crippen LogP) is 0.840. The fraction of sp³-hybridized carbons (Fsp3) is 0.200. The lowest BCUT2D eigenvalue weighted by molar-refractivity contribution is -0.682. The summed E-state index contributed by atoms with van der Waals surface area (Å²) in [6, 6.07) is 7.70. The van der Waals surface area contributed by atoms with Gasteiger partial charge in [0, 0.05) is 12.1 Å². The molecule has 0 bridgehead atoms. The zero-order chi connectivity index (χ0) is 13.3. The Bertz CT molecular complexity index is 588. The first-order valence-corrected chi connectivity index (χ1v) is 4.85. The standard InChI is InChI=1S/C10H7F3N2O3/c11-10(12,13)8(16)7-9(17)18-14-15(7)6-4-2-1-3-5-6/h1-5,8,16H/p+1. The van der Waals surface area contributed by atoms with E-state index in [1.165, 1.54) is 12.1 Å². The molecule has 0 aliphatic rings. The molecule has 2 rings (SSSR count). The van der Waals surface area contributed by atoms with E-state index in [1.807, 2.05) is 5.27 Å². The molecule has 2 aromatic rings. The number of rotatable bonds is 2. The third kappa shape index (κ3) is 2.14. The highest BCUT2D eigenvalue weighted by atomic mass is 19.4. The Morgan fingerprint density at radius 1 is 1.28 bits per heavy atom. The van der Waals surface area contributed by atoms with Gasteiger partial charge in [-0.15, -0.1) is 0 Å². The third-order valence-corrected chi connectivity index (χ3v) is 2.26. The van der Waals surface area contributed by atoms with E-state index in [4.69, 9.17) is 5.11 Å². The first kappa shape index (κ1) is 12.4. The summed E-state index contributed by atoms with van der Waals surface area (Å²) in [7, 11) is 0. The van der Waals surface area contributed by atoms with Crippen LogP contribution in [-0.2, 0) is 0 Å². The van der Waals surface area contributed by atoms with Gasteiger partial charge in [0.1, 0.15) is 0 Å². The first-order chi connectivity index (χ1) is 8.41. The molecular weight excluding hydrogens is 253 g/mol. The molecule has 1 heterocycles. The quantitative estimate of drug-likeness (QED) is 0.787. The van der Waals surface area contributed by atoms with Gasteiger partial charge in [0.05, 0.1) is 0 Å². The molecule has 0 amide bonds. The highest BCUT2D eigenvalue weighted by molar-refractivity contribution is 5.21. The van der Waals surface area contributed by atoms with Gasteiger partial charge in [0.2, 0.25) is 11.8 Å². The van der Waals surface area contributed by atoms with Crippen LogP contribution < -0.4 is 10.3 Å². The molecule has 96 valence electrons. The van der Waals surface area contributed by atoms with Crippen LogP contribution >= 0.6 is 0 Å². The van der Waals surface area contributed by atoms with Crippen molar-refractivity contribution in [3.8, 4) is 5.69 Å². The second kappa shape index (κ2) is 4.30. The first-order valence-electron chi connectivity index (χ1n) is 4.85. The number of benzene rings is 1. The fourth-order valence-electron chi connectivity index (χ4n) is 1.44. The number of aliphatic hydroxyl groups excluding tert-OH is 1. The van der Waals surface area contributed by atoms with E-state index in [9.17, 15) is 18.0 Å². The summed E-state index contributed by atoms with van der Waals surface area (Å²) in [6.07, 6.45) is -7.87. The molecule has 0 radical (unpaired) electrons. The Morgan fingerprint density at radius 3 is 2.44 bits per heavy atom. The van der Waals surface area contributed by atoms with Crippen molar-refractivity contribution in [1.82, 2.24) is 5.27 Å². The lowest BCUT2D eigenvalue weighted by atomic mass is 10.2. The lowest BCUT2D eigenvalue weighted by Crippen LogP contribution is -2.43. The van der Waals surface area contributed by atoms with E-state index in [-0.39, 0.29) is 5.69 Å². The van der Waals surface area contributed by atoms with Crippen molar-refractivity contribution in [2.45, 2.75) is 12.3 Å². The summed E-state index contributed by atoms with van der Waals surface area (Å²) >= 11 is 0. The molecule has 1 aromatic heterocycles. The van der Waals surface area contributed by atoms with E-state index in [1.54, 1.807) is 18.2 Å². The van der Waals surface area contributed by atoms with Crippen molar-refractivity contribution >= 4 is 0 Å². The lowest BCUT2D eigenvalue weighted by Gasteiger charge is -2.08. The Kier molecular flexibility index (Phi) is 2.95. The number of nitrogens with zero attached hydrogens (tertiary/aromatic N) is 1. The number of aromatic amines is 1. The van der Waals surface area contributed by atoms with Gasteiger partial charge in [0.25, 0.3) is 0 Å². The van der Waals surface area contributed by atoms with Crippen LogP contribution in [0.15, 0.2) is 39.6 Å². The van der Waals surface area contributed by atoms with Crippen molar-refractivity contribution in [3.05, 3.63) is 46.4 Å². The maximum Gasteiger partial charge on any atom is 0.433 e. The smallest absolute Gasteiger partial charge is 0.374 e. The van der Waals surface area contributed by atoms with Crippen LogP contribution in [0, 0.1) is 0 Å². The van der Waals surface area contributed by atoms with Gasteiger partial charge < -0.3 is 5.11 Å². The number of aliphatic hydroxyl groups is 1. The zero-order valence-corrected chi connectivity index (χ0v) is 8.81. The summed E-state index contributed by atoms with van der Waals surface area (Å²) in [5.74, 6) is 0. The highest BCUT2D eigenvalue weighted by Gasteiger charge is 2.49. The summed E-state index contributed by atoms with van der Waals surface area (Å²) in [5, 5.41) is 11.2. The number of H-pyrrole nitrogens is 1. The molecule has 1 unspecified atom stereocenters. The van der Waals surface area contributed by atoms with E-state index >= 15 is 0 Å². The number of aromatic nitrogens is 2. The fourth-order valence-corrected chi connectivity index (χ4v) is 1.44. The molecule has 0 fully saturated rings. The largest absolute Gasteiger partial charge is 0.433 e.